The molecule has 1 fully saturated rings. The van der Waals surface area contributed by atoms with Gasteiger partial charge in [0.1, 0.15) is 0 Å². The fourth-order valence-electron chi connectivity index (χ4n) is 2.19. The number of hydrogen-bond donors (Lipinski definition) is 0. The molecule has 0 unspecified atom stereocenters. The molecule has 0 N–H and O–H groups in total. The van der Waals surface area contributed by atoms with Crippen LogP contribution in [0.5, 0.6) is 0 Å². The van der Waals surface area contributed by atoms with E-state index in [4.69, 9.17) is 5.26 Å². The molecule has 0 spiro atoms. The molecule has 0 aliphatic carbocycles. The van der Waals surface area contributed by atoms with Crippen molar-refractivity contribution < 1.29 is 4.79 Å². The second-order valence-corrected chi connectivity index (χ2v) is 4.55. The average molecular weight is 243 g/mol. The molecule has 1 aliphatic heterocycles. The van der Waals surface area contributed by atoms with Crippen LogP contribution >= 0.6 is 0 Å². The van der Waals surface area contributed by atoms with Crippen molar-refractivity contribution in [2.45, 2.75) is 19.3 Å². The fourth-order valence-corrected chi connectivity index (χ4v) is 2.19. The lowest BCUT2D eigenvalue weighted by Gasteiger charge is -2.31. The van der Waals surface area contributed by atoms with Gasteiger partial charge in [0.05, 0.1) is 11.6 Å². The van der Waals surface area contributed by atoms with Gasteiger partial charge in [-0.05, 0) is 37.5 Å². The van der Waals surface area contributed by atoms with E-state index in [0.29, 0.717) is 5.56 Å². The largest absolute Gasteiger partial charge is 0.324 e. The zero-order valence-corrected chi connectivity index (χ0v) is 10.6. The number of rotatable bonds is 1. The number of hydrogen-bond acceptors (Lipinski definition) is 2. The van der Waals surface area contributed by atoms with Crippen molar-refractivity contribution in [3.63, 3.8) is 0 Å². The first-order valence-corrected chi connectivity index (χ1v) is 6.25. The molecule has 4 heteroatoms. The molecular formula is C14H17N3O. The summed E-state index contributed by atoms with van der Waals surface area (Å²) in [5, 5.41) is 8.87. The number of piperidine rings is 1. The maximum Gasteiger partial charge on any atom is 0.324 e. The Balaban J connectivity index is 2.12. The van der Waals surface area contributed by atoms with E-state index in [1.165, 1.54) is 6.42 Å². The number of urea groups is 1. The highest BCUT2D eigenvalue weighted by Gasteiger charge is 2.20. The summed E-state index contributed by atoms with van der Waals surface area (Å²) < 4.78 is 0. The topological polar surface area (TPSA) is 47.3 Å². The van der Waals surface area contributed by atoms with Gasteiger partial charge in [-0.25, -0.2) is 4.79 Å². The van der Waals surface area contributed by atoms with Crippen LogP contribution in [0, 0.1) is 11.3 Å². The molecule has 1 aliphatic rings. The summed E-state index contributed by atoms with van der Waals surface area (Å²) in [4.78, 5) is 15.8. The second-order valence-electron chi connectivity index (χ2n) is 4.55. The first kappa shape index (κ1) is 12.4. The zero-order chi connectivity index (χ0) is 13.0. The number of amides is 2. The lowest BCUT2D eigenvalue weighted by atomic mass is 10.1. The van der Waals surface area contributed by atoms with Crippen LogP contribution in [0.1, 0.15) is 24.8 Å². The third-order valence-electron chi connectivity index (χ3n) is 3.28. The number of anilines is 1. The van der Waals surface area contributed by atoms with Crippen LogP contribution in [0.15, 0.2) is 24.3 Å². The molecule has 94 valence electrons. The van der Waals surface area contributed by atoms with Crippen molar-refractivity contribution >= 4 is 11.7 Å². The molecule has 0 atom stereocenters. The van der Waals surface area contributed by atoms with Crippen molar-refractivity contribution in [1.82, 2.24) is 4.90 Å². The Morgan fingerprint density at radius 3 is 2.72 bits per heavy atom. The molecule has 1 saturated heterocycles. The summed E-state index contributed by atoms with van der Waals surface area (Å²) in [6, 6.07) is 9.23. The number of carbonyl (C=O) groups is 1. The maximum absolute atomic E-state index is 12.3. The fraction of sp³-hybridized carbons (Fsp3) is 0.429. The molecule has 4 nitrogen and oxygen atoms in total. The number of benzene rings is 1. The van der Waals surface area contributed by atoms with Crippen LogP contribution in [-0.2, 0) is 0 Å². The highest BCUT2D eigenvalue weighted by molar-refractivity contribution is 5.91. The van der Waals surface area contributed by atoms with Crippen molar-refractivity contribution in [2.75, 3.05) is 25.0 Å². The molecule has 1 aromatic carbocycles. The first-order chi connectivity index (χ1) is 8.72. The van der Waals surface area contributed by atoms with Gasteiger partial charge in [-0.2, -0.15) is 5.26 Å². The zero-order valence-electron chi connectivity index (χ0n) is 10.6. The van der Waals surface area contributed by atoms with Crippen molar-refractivity contribution in [2.24, 2.45) is 0 Å². The van der Waals surface area contributed by atoms with Gasteiger partial charge in [0, 0.05) is 25.8 Å². The number of carbonyl (C=O) groups excluding carboxylic acids is 1. The van der Waals surface area contributed by atoms with E-state index in [1.807, 2.05) is 11.0 Å². The molecule has 0 bridgehead atoms. The molecule has 0 aromatic heterocycles. The van der Waals surface area contributed by atoms with E-state index >= 15 is 0 Å². The summed E-state index contributed by atoms with van der Waals surface area (Å²) in [6.45, 7) is 1.67. The molecule has 1 aromatic rings. The lowest BCUT2D eigenvalue weighted by molar-refractivity contribution is 0.194. The van der Waals surface area contributed by atoms with Crippen LogP contribution in [0.4, 0.5) is 10.5 Å². The normalized spacial score (nSPS) is 15.0. The summed E-state index contributed by atoms with van der Waals surface area (Å²) in [6.07, 6.45) is 3.37. The van der Waals surface area contributed by atoms with E-state index in [-0.39, 0.29) is 6.03 Å². The number of likely N-dealkylation sites (tertiary alicyclic amines) is 1. The van der Waals surface area contributed by atoms with Crippen LogP contribution < -0.4 is 4.90 Å². The molecule has 0 radical (unpaired) electrons. The minimum Gasteiger partial charge on any atom is -0.324 e. The minimum absolute atomic E-state index is 0.0183. The monoisotopic (exact) mass is 243 g/mol. The Labute approximate surface area is 107 Å². The molecule has 1 heterocycles. The Morgan fingerprint density at radius 1 is 1.33 bits per heavy atom. The van der Waals surface area contributed by atoms with Crippen LogP contribution in [0.3, 0.4) is 0 Å². The highest BCUT2D eigenvalue weighted by Crippen LogP contribution is 2.18. The smallest absolute Gasteiger partial charge is 0.324 e. The van der Waals surface area contributed by atoms with E-state index in [0.717, 1.165) is 31.6 Å². The Kier molecular flexibility index (Phi) is 3.83. The minimum atomic E-state index is 0.0183. The summed E-state index contributed by atoms with van der Waals surface area (Å²) in [7, 11) is 1.76. The van der Waals surface area contributed by atoms with Crippen LogP contribution in [-0.4, -0.2) is 31.1 Å². The molecular weight excluding hydrogens is 226 g/mol. The van der Waals surface area contributed by atoms with Gasteiger partial charge in [0.25, 0.3) is 0 Å². The van der Waals surface area contributed by atoms with Gasteiger partial charge in [-0.1, -0.05) is 6.07 Å². The standard InChI is InChI=1S/C14H17N3O/c1-16(13-7-5-6-12(10-13)11-15)14(18)17-8-3-2-4-9-17/h5-7,10H,2-4,8-9H2,1H3. The van der Waals surface area contributed by atoms with E-state index in [9.17, 15) is 4.79 Å². The predicted molar refractivity (Wildman–Crippen MR) is 70.4 cm³/mol. The average Bonchev–Trinajstić information content (AvgIpc) is 2.46. The summed E-state index contributed by atoms with van der Waals surface area (Å²) in [5.74, 6) is 0. The Hall–Kier alpha value is -2.02. The van der Waals surface area contributed by atoms with Crippen LogP contribution in [0.25, 0.3) is 0 Å². The lowest BCUT2D eigenvalue weighted by Crippen LogP contribution is -2.43. The van der Waals surface area contributed by atoms with E-state index < -0.39 is 0 Å². The third-order valence-corrected chi connectivity index (χ3v) is 3.28. The molecule has 0 saturated carbocycles. The summed E-state index contributed by atoms with van der Waals surface area (Å²) in [5.41, 5.74) is 1.34. The van der Waals surface area contributed by atoms with Crippen LogP contribution in [0.2, 0.25) is 0 Å². The number of nitriles is 1. The first-order valence-electron chi connectivity index (χ1n) is 6.25. The highest BCUT2D eigenvalue weighted by atomic mass is 16.2. The van der Waals surface area contributed by atoms with Gasteiger partial charge < -0.3 is 4.90 Å². The van der Waals surface area contributed by atoms with Gasteiger partial charge in [-0.3, -0.25) is 4.90 Å². The Bertz CT molecular complexity index is 472. The van der Waals surface area contributed by atoms with Crippen molar-refractivity contribution in [3.8, 4) is 6.07 Å². The molecule has 2 rings (SSSR count). The quantitative estimate of drug-likeness (QED) is 0.761. The van der Waals surface area contributed by atoms with Crippen molar-refractivity contribution in [3.05, 3.63) is 29.8 Å². The van der Waals surface area contributed by atoms with E-state index in [1.54, 1.807) is 30.1 Å². The van der Waals surface area contributed by atoms with Gasteiger partial charge in [0.15, 0.2) is 0 Å². The Morgan fingerprint density at radius 2 is 2.06 bits per heavy atom. The SMILES string of the molecule is CN(C(=O)N1CCCCC1)c1cccc(C#N)c1. The molecule has 2 amide bonds. The third kappa shape index (κ3) is 2.62. The van der Waals surface area contributed by atoms with Crippen molar-refractivity contribution in [1.29, 1.82) is 5.26 Å². The van der Waals surface area contributed by atoms with Gasteiger partial charge in [0.2, 0.25) is 0 Å². The van der Waals surface area contributed by atoms with Gasteiger partial charge >= 0.3 is 6.03 Å². The van der Waals surface area contributed by atoms with Gasteiger partial charge in [-0.15, -0.1) is 0 Å². The van der Waals surface area contributed by atoms with E-state index in [2.05, 4.69) is 6.07 Å². The molecule has 18 heavy (non-hydrogen) atoms. The second kappa shape index (κ2) is 5.54. The maximum atomic E-state index is 12.3. The predicted octanol–water partition coefficient (Wildman–Crippen LogP) is 2.60. The summed E-state index contributed by atoms with van der Waals surface area (Å²) >= 11 is 0. The number of nitrogens with zero attached hydrogens (tertiary/aromatic N) is 3.